The van der Waals surface area contributed by atoms with Crippen molar-refractivity contribution in [3.63, 3.8) is 0 Å². The Morgan fingerprint density at radius 2 is 2.00 bits per heavy atom. The van der Waals surface area contributed by atoms with E-state index in [9.17, 15) is 14.4 Å². The van der Waals surface area contributed by atoms with Crippen LogP contribution in [0.25, 0.3) is 0 Å². The molecule has 28 heavy (non-hydrogen) atoms. The minimum absolute atomic E-state index is 0.0467. The van der Waals surface area contributed by atoms with Gasteiger partial charge in [0.2, 0.25) is 5.78 Å². The van der Waals surface area contributed by atoms with Crippen LogP contribution >= 0.6 is 0 Å². The number of rotatable bonds is 4. The van der Waals surface area contributed by atoms with E-state index in [4.69, 9.17) is 13.9 Å². The second-order valence-electron chi connectivity index (χ2n) is 8.58. The van der Waals surface area contributed by atoms with Crippen LogP contribution in [0.1, 0.15) is 81.7 Å². The first-order chi connectivity index (χ1) is 13.1. The lowest BCUT2D eigenvalue weighted by Gasteiger charge is -2.53. The molecule has 0 radical (unpaired) electrons. The highest BCUT2D eigenvalue weighted by atomic mass is 16.6. The molecule has 1 aromatic heterocycles. The summed E-state index contributed by atoms with van der Waals surface area (Å²) in [5.74, 6) is -1.10. The highest BCUT2D eigenvalue weighted by Gasteiger charge is 2.61. The van der Waals surface area contributed by atoms with E-state index < -0.39 is 11.5 Å². The third kappa shape index (κ3) is 3.07. The number of esters is 2. The highest BCUT2D eigenvalue weighted by Crippen LogP contribution is 2.60. The van der Waals surface area contributed by atoms with Crippen molar-refractivity contribution in [3.8, 4) is 0 Å². The molecule has 6 heteroatoms. The summed E-state index contributed by atoms with van der Waals surface area (Å²) in [6, 6.07) is 0. The molecule has 0 aliphatic heterocycles. The summed E-state index contributed by atoms with van der Waals surface area (Å²) in [6.07, 6.45) is 2.47. The maximum absolute atomic E-state index is 13.2. The molecular formula is C22H30O6. The largest absolute Gasteiger partial charge is 0.462 e. The van der Waals surface area contributed by atoms with Crippen LogP contribution in [-0.4, -0.2) is 23.8 Å². The summed E-state index contributed by atoms with van der Waals surface area (Å²) in [4.78, 5) is 37.5. The Morgan fingerprint density at radius 1 is 1.32 bits per heavy atom. The van der Waals surface area contributed by atoms with Crippen molar-refractivity contribution in [2.45, 2.75) is 73.0 Å². The van der Waals surface area contributed by atoms with Crippen LogP contribution in [0.2, 0.25) is 0 Å². The first kappa shape index (κ1) is 20.6. The van der Waals surface area contributed by atoms with Crippen LogP contribution in [0.3, 0.4) is 0 Å². The zero-order valence-electron chi connectivity index (χ0n) is 17.5. The average molecular weight is 390 g/mol. The van der Waals surface area contributed by atoms with Crippen molar-refractivity contribution < 1.29 is 28.3 Å². The molecule has 2 aliphatic carbocycles. The van der Waals surface area contributed by atoms with Gasteiger partial charge in [0.1, 0.15) is 12.2 Å². The minimum atomic E-state index is -0.680. The van der Waals surface area contributed by atoms with Crippen LogP contribution in [0.4, 0.5) is 0 Å². The van der Waals surface area contributed by atoms with E-state index in [2.05, 4.69) is 0 Å². The molecule has 0 spiro atoms. The van der Waals surface area contributed by atoms with Gasteiger partial charge in [-0.25, -0.2) is 0 Å². The van der Waals surface area contributed by atoms with Crippen LogP contribution in [0, 0.1) is 30.1 Å². The number of carbonyl (C=O) groups excluding carboxylic acids is 3. The van der Waals surface area contributed by atoms with Crippen molar-refractivity contribution in [2.75, 3.05) is 0 Å². The second-order valence-corrected chi connectivity index (χ2v) is 8.58. The Bertz CT molecular complexity index is 793. The van der Waals surface area contributed by atoms with E-state index in [0.717, 1.165) is 5.56 Å². The van der Waals surface area contributed by atoms with Crippen molar-refractivity contribution in [1.29, 1.82) is 0 Å². The van der Waals surface area contributed by atoms with Gasteiger partial charge in [0.05, 0.1) is 12.2 Å². The molecule has 0 saturated heterocycles. The van der Waals surface area contributed by atoms with Crippen LogP contribution in [0.5, 0.6) is 0 Å². The molecule has 3 rings (SSSR count). The number of hydrogen-bond donors (Lipinski definition) is 0. The Morgan fingerprint density at radius 3 is 2.61 bits per heavy atom. The van der Waals surface area contributed by atoms with Gasteiger partial charge in [-0.2, -0.15) is 0 Å². The predicted molar refractivity (Wildman–Crippen MR) is 102 cm³/mol. The van der Waals surface area contributed by atoms with Gasteiger partial charge in [-0.15, -0.1) is 0 Å². The number of furan rings is 1. The molecule has 1 unspecified atom stereocenters. The number of ether oxygens (including phenoxy) is 2. The van der Waals surface area contributed by atoms with Gasteiger partial charge < -0.3 is 13.9 Å². The van der Waals surface area contributed by atoms with Gasteiger partial charge >= 0.3 is 11.9 Å². The normalized spacial score (nSPS) is 32.9. The molecule has 6 nitrogen and oxygen atoms in total. The quantitative estimate of drug-likeness (QED) is 0.709. The molecule has 1 aromatic rings. The maximum Gasteiger partial charge on any atom is 0.309 e. The maximum atomic E-state index is 13.2. The fourth-order valence-electron chi connectivity index (χ4n) is 4.84. The van der Waals surface area contributed by atoms with Gasteiger partial charge in [0.25, 0.3) is 0 Å². The number of hydrogen-bond acceptors (Lipinski definition) is 6. The fourth-order valence-corrected chi connectivity index (χ4v) is 4.84. The van der Waals surface area contributed by atoms with E-state index in [1.807, 2.05) is 34.6 Å². The molecule has 1 saturated carbocycles. The van der Waals surface area contributed by atoms with Gasteiger partial charge in [0.15, 0.2) is 5.76 Å². The Balaban J connectivity index is 2.09. The number of aryl methyl sites for hydroxylation is 1. The standard InChI is InChI=1S/C22H30O6/c1-7-11(2)21(25)28-20-17-12(3)10-26-19(17)18(24)15-8-9-16(27-14(5)23)13(4)22(15,20)6/h10-11,13,15-16,20H,7-9H2,1-6H3/t11?,13-,15+,16-,20+,22+/m0/s1. The van der Waals surface area contributed by atoms with E-state index in [1.54, 1.807) is 6.26 Å². The van der Waals surface area contributed by atoms with Gasteiger partial charge in [-0.1, -0.05) is 27.7 Å². The molecule has 1 fully saturated rings. The summed E-state index contributed by atoms with van der Waals surface area (Å²) in [7, 11) is 0. The van der Waals surface area contributed by atoms with Crippen molar-refractivity contribution in [2.24, 2.45) is 23.2 Å². The van der Waals surface area contributed by atoms with Gasteiger partial charge in [0, 0.05) is 29.7 Å². The molecular weight excluding hydrogens is 360 g/mol. The Labute approximate surface area is 165 Å². The summed E-state index contributed by atoms with van der Waals surface area (Å²) in [5.41, 5.74) is 0.780. The van der Waals surface area contributed by atoms with Crippen molar-refractivity contribution in [3.05, 3.63) is 23.2 Å². The van der Waals surface area contributed by atoms with E-state index in [1.165, 1.54) is 6.92 Å². The second kappa shape index (κ2) is 7.37. The first-order valence-electron chi connectivity index (χ1n) is 10.1. The SMILES string of the molecule is CCC(C)C(=O)O[C@@H]1c2c(C)coc2C(=O)[C@H]2CC[C@H](OC(C)=O)[C@H](C)[C@]21C. The number of carbonyl (C=O) groups is 3. The number of Topliss-reactive ketones (excluding diaryl/α,β-unsaturated/α-hetero) is 1. The summed E-state index contributed by atoms with van der Waals surface area (Å²) >= 11 is 0. The molecule has 0 bridgehead atoms. The Kier molecular flexibility index (Phi) is 5.43. The predicted octanol–water partition coefficient (Wildman–Crippen LogP) is 4.40. The number of fused-ring (bicyclic) bond motifs is 2. The van der Waals surface area contributed by atoms with E-state index in [0.29, 0.717) is 30.6 Å². The molecule has 6 atom stereocenters. The lowest BCUT2D eigenvalue weighted by atomic mass is 9.53. The van der Waals surface area contributed by atoms with E-state index in [-0.39, 0.29) is 41.6 Å². The van der Waals surface area contributed by atoms with Crippen molar-refractivity contribution >= 4 is 17.7 Å². The lowest BCUT2D eigenvalue weighted by Crippen LogP contribution is -2.55. The molecule has 154 valence electrons. The summed E-state index contributed by atoms with van der Waals surface area (Å²) in [5, 5.41) is 0. The molecule has 2 aliphatic rings. The summed E-state index contributed by atoms with van der Waals surface area (Å²) in [6.45, 7) is 11.0. The Hall–Kier alpha value is -2.11. The topological polar surface area (TPSA) is 82.8 Å². The van der Waals surface area contributed by atoms with Crippen LogP contribution in [0.15, 0.2) is 10.7 Å². The highest BCUT2D eigenvalue weighted by molar-refractivity contribution is 5.99. The van der Waals surface area contributed by atoms with Crippen LogP contribution < -0.4 is 0 Å². The average Bonchev–Trinajstić information content (AvgIpc) is 3.02. The summed E-state index contributed by atoms with van der Waals surface area (Å²) < 4.78 is 17.2. The third-order valence-corrected chi connectivity index (χ3v) is 6.99. The number of ketones is 1. The monoisotopic (exact) mass is 390 g/mol. The van der Waals surface area contributed by atoms with Gasteiger partial charge in [-0.05, 0) is 31.7 Å². The zero-order valence-corrected chi connectivity index (χ0v) is 17.5. The van der Waals surface area contributed by atoms with Crippen molar-refractivity contribution in [1.82, 2.24) is 0 Å². The fraction of sp³-hybridized carbons (Fsp3) is 0.682. The molecule has 0 amide bonds. The zero-order chi connectivity index (χ0) is 20.8. The lowest BCUT2D eigenvalue weighted by molar-refractivity contribution is -0.184. The van der Waals surface area contributed by atoms with E-state index >= 15 is 0 Å². The smallest absolute Gasteiger partial charge is 0.309 e. The molecule has 0 aromatic carbocycles. The third-order valence-electron chi connectivity index (χ3n) is 6.99. The molecule has 1 heterocycles. The minimum Gasteiger partial charge on any atom is -0.462 e. The molecule has 0 N–H and O–H groups in total. The van der Waals surface area contributed by atoms with Gasteiger partial charge in [-0.3, -0.25) is 14.4 Å². The first-order valence-corrected chi connectivity index (χ1v) is 10.1. The van der Waals surface area contributed by atoms with Crippen LogP contribution in [-0.2, 0) is 19.1 Å².